The van der Waals surface area contributed by atoms with Crippen molar-refractivity contribution >= 4 is 12.0 Å². The van der Waals surface area contributed by atoms with Crippen LogP contribution in [-0.2, 0) is 11.2 Å². The minimum Gasteiger partial charge on any atom is -0.481 e. The Labute approximate surface area is 148 Å². The second kappa shape index (κ2) is 10.0. The molecule has 25 heavy (non-hydrogen) atoms. The van der Waals surface area contributed by atoms with Crippen LogP contribution in [0, 0.1) is 5.92 Å². The van der Waals surface area contributed by atoms with Crippen LogP contribution in [0.2, 0.25) is 0 Å². The SMILES string of the molecule is O=C(O)CCC(Cc1ccccc1)NC(=O)NC1CCCCC1CO. The number of carboxylic acid groups (broad SMARTS) is 1. The first-order chi connectivity index (χ1) is 12.1. The van der Waals surface area contributed by atoms with Crippen LogP contribution >= 0.6 is 0 Å². The van der Waals surface area contributed by atoms with Crippen molar-refractivity contribution in [3.8, 4) is 0 Å². The van der Waals surface area contributed by atoms with Gasteiger partial charge in [0.25, 0.3) is 0 Å². The molecule has 1 aliphatic rings. The third kappa shape index (κ3) is 6.74. The zero-order valence-corrected chi connectivity index (χ0v) is 14.5. The molecule has 6 heteroatoms. The Bertz CT molecular complexity index is 550. The molecule has 0 saturated heterocycles. The van der Waals surface area contributed by atoms with E-state index < -0.39 is 5.97 Å². The topological polar surface area (TPSA) is 98.7 Å². The zero-order chi connectivity index (χ0) is 18.1. The number of aliphatic hydroxyl groups is 1. The maximum absolute atomic E-state index is 12.4. The number of carboxylic acids is 1. The molecule has 1 saturated carbocycles. The molecule has 2 rings (SSSR count). The van der Waals surface area contributed by atoms with Crippen LogP contribution in [-0.4, -0.2) is 40.9 Å². The summed E-state index contributed by atoms with van der Waals surface area (Å²) in [6, 6.07) is 9.18. The van der Waals surface area contributed by atoms with Gasteiger partial charge in [0.2, 0.25) is 0 Å². The van der Waals surface area contributed by atoms with E-state index in [4.69, 9.17) is 5.11 Å². The van der Waals surface area contributed by atoms with Crippen LogP contribution in [0.3, 0.4) is 0 Å². The summed E-state index contributed by atoms with van der Waals surface area (Å²) in [5.41, 5.74) is 1.06. The first-order valence-electron chi connectivity index (χ1n) is 9.02. The van der Waals surface area contributed by atoms with Gasteiger partial charge in [-0.25, -0.2) is 4.79 Å². The van der Waals surface area contributed by atoms with Gasteiger partial charge in [-0.05, 0) is 31.2 Å². The third-order valence-corrected chi connectivity index (χ3v) is 4.83. The quantitative estimate of drug-likeness (QED) is 0.579. The van der Waals surface area contributed by atoms with Gasteiger partial charge in [0.1, 0.15) is 0 Å². The van der Waals surface area contributed by atoms with Crippen LogP contribution in [0.4, 0.5) is 4.79 Å². The van der Waals surface area contributed by atoms with Gasteiger partial charge in [0, 0.05) is 31.0 Å². The molecule has 0 spiro atoms. The number of nitrogens with one attached hydrogen (secondary N) is 2. The number of aliphatic carboxylic acids is 1. The highest BCUT2D eigenvalue weighted by Gasteiger charge is 2.26. The Morgan fingerprint density at radius 2 is 1.88 bits per heavy atom. The fraction of sp³-hybridized carbons (Fsp3) is 0.579. The Morgan fingerprint density at radius 1 is 1.16 bits per heavy atom. The lowest BCUT2D eigenvalue weighted by molar-refractivity contribution is -0.137. The van der Waals surface area contributed by atoms with E-state index in [2.05, 4.69) is 10.6 Å². The van der Waals surface area contributed by atoms with E-state index in [0.717, 1.165) is 31.2 Å². The molecule has 6 nitrogen and oxygen atoms in total. The van der Waals surface area contributed by atoms with Crippen LogP contribution in [0.5, 0.6) is 0 Å². The number of rotatable bonds is 8. The van der Waals surface area contributed by atoms with Crippen LogP contribution in [0.25, 0.3) is 0 Å². The average molecular weight is 348 g/mol. The van der Waals surface area contributed by atoms with Gasteiger partial charge in [-0.1, -0.05) is 43.2 Å². The lowest BCUT2D eigenvalue weighted by atomic mass is 9.85. The molecule has 3 unspecified atom stereocenters. The largest absolute Gasteiger partial charge is 0.481 e. The van der Waals surface area contributed by atoms with Gasteiger partial charge < -0.3 is 20.8 Å². The van der Waals surface area contributed by atoms with Gasteiger partial charge in [0.05, 0.1) is 0 Å². The molecule has 138 valence electrons. The maximum atomic E-state index is 12.4. The highest BCUT2D eigenvalue weighted by Crippen LogP contribution is 2.23. The zero-order valence-electron chi connectivity index (χ0n) is 14.5. The molecule has 1 aromatic rings. The molecule has 2 amide bonds. The van der Waals surface area contributed by atoms with Gasteiger partial charge >= 0.3 is 12.0 Å². The van der Waals surface area contributed by atoms with Gasteiger partial charge in [-0.3, -0.25) is 4.79 Å². The summed E-state index contributed by atoms with van der Waals surface area (Å²) >= 11 is 0. The van der Waals surface area contributed by atoms with E-state index in [1.807, 2.05) is 30.3 Å². The predicted molar refractivity (Wildman–Crippen MR) is 95.3 cm³/mol. The smallest absolute Gasteiger partial charge is 0.315 e. The van der Waals surface area contributed by atoms with Crippen molar-refractivity contribution in [2.45, 2.75) is 57.0 Å². The summed E-state index contributed by atoms with van der Waals surface area (Å²) in [5, 5.41) is 24.3. The molecule has 0 aliphatic heterocycles. The molecule has 0 aromatic heterocycles. The molecular weight excluding hydrogens is 320 g/mol. The lowest BCUT2D eigenvalue weighted by Crippen LogP contribution is -2.50. The monoisotopic (exact) mass is 348 g/mol. The number of amides is 2. The van der Waals surface area contributed by atoms with Gasteiger partial charge in [-0.15, -0.1) is 0 Å². The Morgan fingerprint density at radius 3 is 2.56 bits per heavy atom. The van der Waals surface area contributed by atoms with E-state index in [1.54, 1.807) is 0 Å². The second-order valence-electron chi connectivity index (χ2n) is 6.77. The van der Waals surface area contributed by atoms with E-state index in [9.17, 15) is 14.7 Å². The number of hydrogen-bond donors (Lipinski definition) is 4. The summed E-state index contributed by atoms with van der Waals surface area (Å²) < 4.78 is 0. The summed E-state index contributed by atoms with van der Waals surface area (Å²) in [5.74, 6) is -0.765. The van der Waals surface area contributed by atoms with Crippen LogP contribution in [0.15, 0.2) is 30.3 Å². The van der Waals surface area contributed by atoms with Crippen molar-refractivity contribution < 1.29 is 19.8 Å². The molecule has 4 N–H and O–H groups in total. The van der Waals surface area contributed by atoms with Crippen LogP contribution in [0.1, 0.15) is 44.1 Å². The lowest BCUT2D eigenvalue weighted by Gasteiger charge is -2.31. The number of aliphatic hydroxyl groups excluding tert-OH is 1. The van der Waals surface area contributed by atoms with Crippen molar-refractivity contribution in [3.05, 3.63) is 35.9 Å². The van der Waals surface area contributed by atoms with Crippen molar-refractivity contribution in [2.75, 3.05) is 6.61 Å². The number of carbonyl (C=O) groups excluding carboxylic acids is 1. The maximum Gasteiger partial charge on any atom is 0.315 e. The fourth-order valence-electron chi connectivity index (χ4n) is 3.43. The first kappa shape index (κ1) is 19.2. The van der Waals surface area contributed by atoms with E-state index in [1.165, 1.54) is 0 Å². The first-order valence-corrected chi connectivity index (χ1v) is 9.02. The van der Waals surface area contributed by atoms with Crippen molar-refractivity contribution in [3.63, 3.8) is 0 Å². The fourth-order valence-corrected chi connectivity index (χ4v) is 3.43. The molecule has 1 fully saturated rings. The predicted octanol–water partition coefficient (Wildman–Crippen LogP) is 2.31. The van der Waals surface area contributed by atoms with Gasteiger partial charge in [0.15, 0.2) is 0 Å². The summed E-state index contributed by atoms with van der Waals surface area (Å²) in [4.78, 5) is 23.3. The van der Waals surface area contributed by atoms with E-state index in [0.29, 0.717) is 12.8 Å². The minimum atomic E-state index is -0.868. The molecular formula is C19H28N2O4. The van der Waals surface area contributed by atoms with Crippen molar-refractivity contribution in [1.82, 2.24) is 10.6 Å². The number of carbonyl (C=O) groups is 2. The molecule has 1 aromatic carbocycles. The number of urea groups is 1. The highest BCUT2D eigenvalue weighted by atomic mass is 16.4. The molecule has 0 heterocycles. The summed E-state index contributed by atoms with van der Waals surface area (Å²) in [7, 11) is 0. The van der Waals surface area contributed by atoms with E-state index in [-0.39, 0.29) is 37.1 Å². The van der Waals surface area contributed by atoms with Crippen LogP contribution < -0.4 is 10.6 Å². The molecule has 0 radical (unpaired) electrons. The van der Waals surface area contributed by atoms with Gasteiger partial charge in [-0.2, -0.15) is 0 Å². The second-order valence-corrected chi connectivity index (χ2v) is 6.77. The minimum absolute atomic E-state index is 0.0144. The molecule has 1 aliphatic carbocycles. The normalized spacial score (nSPS) is 21.3. The Kier molecular flexibility index (Phi) is 7.73. The van der Waals surface area contributed by atoms with E-state index >= 15 is 0 Å². The number of benzene rings is 1. The third-order valence-electron chi connectivity index (χ3n) is 4.83. The standard InChI is InChI=1S/C19H28N2O4/c22-13-15-8-4-5-9-17(15)21-19(25)20-16(10-11-18(23)24)12-14-6-2-1-3-7-14/h1-3,6-7,15-17,22H,4-5,8-13H2,(H,23,24)(H2,20,21,25). The number of hydrogen-bond acceptors (Lipinski definition) is 3. The Hall–Kier alpha value is -2.08. The van der Waals surface area contributed by atoms with Crippen molar-refractivity contribution in [1.29, 1.82) is 0 Å². The Balaban J connectivity index is 1.92. The summed E-state index contributed by atoms with van der Waals surface area (Å²) in [6.07, 6.45) is 4.92. The summed E-state index contributed by atoms with van der Waals surface area (Å²) in [6.45, 7) is 0.0808. The molecule has 0 bridgehead atoms. The van der Waals surface area contributed by atoms with Crippen molar-refractivity contribution in [2.24, 2.45) is 5.92 Å². The average Bonchev–Trinajstić information content (AvgIpc) is 2.61. The molecule has 3 atom stereocenters. The highest BCUT2D eigenvalue weighted by molar-refractivity contribution is 5.75.